The Hall–Kier alpha value is -1.78. The van der Waals surface area contributed by atoms with Crippen molar-refractivity contribution in [2.45, 2.75) is 18.4 Å². The number of rotatable bonds is 2. The minimum absolute atomic E-state index is 0.0639. The molecule has 3 atom stereocenters. The summed E-state index contributed by atoms with van der Waals surface area (Å²) in [5.41, 5.74) is 3.20. The third-order valence-corrected chi connectivity index (χ3v) is 5.60. The topological polar surface area (TPSA) is 49.3 Å². The Bertz CT molecular complexity index is 847. The van der Waals surface area contributed by atoms with Crippen LogP contribution in [0.15, 0.2) is 53.0 Å². The summed E-state index contributed by atoms with van der Waals surface area (Å²) in [6.45, 7) is 0. The highest BCUT2D eigenvalue weighted by molar-refractivity contribution is 9.10. The number of halogens is 2. The standard InChI is InChI=1S/C19H15BrClNO2/c20-11-8-15-13-2-1-3-14(13)17(10-4-6-12(21)7-5-10)22-18(15)16(9-11)19(23)24/h1-2,4-9,13-14,17,22H,3H2,(H,23,24)/t13-,14+,17-/m1/s1. The van der Waals surface area contributed by atoms with E-state index in [1.165, 1.54) is 0 Å². The van der Waals surface area contributed by atoms with Crippen molar-refractivity contribution in [3.05, 3.63) is 74.7 Å². The van der Waals surface area contributed by atoms with E-state index in [0.29, 0.717) is 16.5 Å². The lowest BCUT2D eigenvalue weighted by molar-refractivity contribution is 0.0697. The zero-order valence-electron chi connectivity index (χ0n) is 12.7. The van der Waals surface area contributed by atoms with Gasteiger partial charge in [-0.1, -0.05) is 51.8 Å². The second-order valence-corrected chi connectivity index (χ2v) is 7.60. The molecule has 0 fully saturated rings. The Morgan fingerprint density at radius 2 is 2.00 bits per heavy atom. The monoisotopic (exact) mass is 403 g/mol. The Balaban J connectivity index is 1.86. The second kappa shape index (κ2) is 5.94. The first-order valence-corrected chi connectivity index (χ1v) is 8.97. The quantitative estimate of drug-likeness (QED) is 0.638. The van der Waals surface area contributed by atoms with E-state index < -0.39 is 5.97 Å². The van der Waals surface area contributed by atoms with Gasteiger partial charge in [0.25, 0.3) is 0 Å². The van der Waals surface area contributed by atoms with Gasteiger partial charge < -0.3 is 10.4 Å². The van der Waals surface area contributed by atoms with Crippen molar-refractivity contribution in [3.63, 3.8) is 0 Å². The Labute approximate surface area is 153 Å². The number of anilines is 1. The maximum atomic E-state index is 11.7. The normalized spacial score (nSPS) is 24.2. The fourth-order valence-electron chi connectivity index (χ4n) is 3.83. The smallest absolute Gasteiger partial charge is 0.337 e. The van der Waals surface area contributed by atoms with Crippen LogP contribution in [0, 0.1) is 5.92 Å². The van der Waals surface area contributed by atoms with Gasteiger partial charge in [-0.3, -0.25) is 0 Å². The maximum absolute atomic E-state index is 11.7. The van der Waals surface area contributed by atoms with Gasteiger partial charge in [-0.2, -0.15) is 0 Å². The van der Waals surface area contributed by atoms with E-state index in [-0.39, 0.29) is 12.0 Å². The van der Waals surface area contributed by atoms with Gasteiger partial charge >= 0.3 is 5.97 Å². The van der Waals surface area contributed by atoms with Gasteiger partial charge in [-0.15, -0.1) is 0 Å². The first-order valence-electron chi connectivity index (χ1n) is 7.80. The molecule has 0 saturated carbocycles. The van der Waals surface area contributed by atoms with Gasteiger partial charge in [0, 0.05) is 15.4 Å². The molecule has 0 amide bonds. The molecule has 1 aliphatic carbocycles. The summed E-state index contributed by atoms with van der Waals surface area (Å²) in [5.74, 6) is -0.331. The molecule has 1 aliphatic heterocycles. The maximum Gasteiger partial charge on any atom is 0.337 e. The fourth-order valence-corrected chi connectivity index (χ4v) is 4.43. The van der Waals surface area contributed by atoms with Crippen LogP contribution < -0.4 is 5.32 Å². The molecule has 3 nitrogen and oxygen atoms in total. The van der Waals surface area contributed by atoms with Crippen molar-refractivity contribution in [3.8, 4) is 0 Å². The van der Waals surface area contributed by atoms with Crippen LogP contribution in [0.4, 0.5) is 5.69 Å². The summed E-state index contributed by atoms with van der Waals surface area (Å²) in [6, 6.07) is 11.5. The Kier molecular flexibility index (Phi) is 3.89. The number of aromatic carboxylic acids is 1. The van der Waals surface area contributed by atoms with Crippen molar-refractivity contribution < 1.29 is 9.90 Å². The minimum atomic E-state index is -0.921. The second-order valence-electron chi connectivity index (χ2n) is 6.25. The number of allylic oxidation sites excluding steroid dienone is 2. The van der Waals surface area contributed by atoms with E-state index in [0.717, 1.165) is 27.7 Å². The predicted molar refractivity (Wildman–Crippen MR) is 98.9 cm³/mol. The Morgan fingerprint density at radius 3 is 2.71 bits per heavy atom. The number of carbonyl (C=O) groups is 1. The SMILES string of the molecule is O=C(O)c1cc(Br)cc2c1N[C@H](c1ccc(Cl)cc1)[C@H]1CC=C[C@@H]21. The molecule has 0 saturated heterocycles. The number of carboxylic acid groups (broad SMARTS) is 1. The van der Waals surface area contributed by atoms with Gasteiger partial charge in [0.2, 0.25) is 0 Å². The van der Waals surface area contributed by atoms with Gasteiger partial charge in [0.15, 0.2) is 0 Å². The van der Waals surface area contributed by atoms with Gasteiger partial charge in [-0.25, -0.2) is 4.79 Å². The first-order chi connectivity index (χ1) is 11.5. The Morgan fingerprint density at radius 1 is 1.25 bits per heavy atom. The molecule has 2 aliphatic rings. The van der Waals surface area contributed by atoms with Crippen LogP contribution in [0.2, 0.25) is 5.02 Å². The zero-order valence-corrected chi connectivity index (χ0v) is 15.0. The molecule has 2 N–H and O–H groups in total. The van der Waals surface area contributed by atoms with E-state index in [2.05, 4.69) is 33.4 Å². The lowest BCUT2D eigenvalue weighted by atomic mass is 9.76. The van der Waals surface area contributed by atoms with E-state index in [4.69, 9.17) is 11.6 Å². The molecule has 0 spiro atoms. The summed E-state index contributed by atoms with van der Waals surface area (Å²) in [6.07, 6.45) is 5.36. The minimum Gasteiger partial charge on any atom is -0.478 e. The number of carboxylic acids is 1. The number of fused-ring (bicyclic) bond motifs is 3. The highest BCUT2D eigenvalue weighted by atomic mass is 79.9. The average molecular weight is 405 g/mol. The molecule has 2 aromatic rings. The van der Waals surface area contributed by atoms with Crippen LogP contribution >= 0.6 is 27.5 Å². The van der Waals surface area contributed by atoms with Crippen LogP contribution in [0.1, 0.15) is 39.9 Å². The van der Waals surface area contributed by atoms with Crippen molar-refractivity contribution in [1.29, 1.82) is 0 Å². The average Bonchev–Trinajstić information content (AvgIpc) is 3.04. The third kappa shape index (κ3) is 2.54. The number of benzene rings is 2. The largest absolute Gasteiger partial charge is 0.478 e. The lowest BCUT2D eigenvalue weighted by Crippen LogP contribution is -2.30. The molecule has 0 aromatic heterocycles. The molecule has 0 unspecified atom stereocenters. The first kappa shape index (κ1) is 15.7. The van der Waals surface area contributed by atoms with E-state index in [9.17, 15) is 9.90 Å². The molecule has 24 heavy (non-hydrogen) atoms. The summed E-state index contributed by atoms with van der Waals surface area (Å²) >= 11 is 9.46. The van der Waals surface area contributed by atoms with E-state index in [1.807, 2.05) is 30.3 Å². The zero-order chi connectivity index (χ0) is 16.8. The molecule has 2 aromatic carbocycles. The number of hydrogen-bond donors (Lipinski definition) is 2. The van der Waals surface area contributed by atoms with E-state index >= 15 is 0 Å². The van der Waals surface area contributed by atoms with Crippen molar-refractivity contribution >= 4 is 39.2 Å². The molecule has 5 heteroatoms. The number of hydrogen-bond acceptors (Lipinski definition) is 2. The summed E-state index contributed by atoms with van der Waals surface area (Å²) in [4.78, 5) is 11.7. The van der Waals surface area contributed by atoms with Gasteiger partial charge in [0.1, 0.15) is 0 Å². The molecule has 1 heterocycles. The number of nitrogens with one attached hydrogen (secondary N) is 1. The highest BCUT2D eigenvalue weighted by Crippen LogP contribution is 2.51. The third-order valence-electron chi connectivity index (χ3n) is 4.89. The molecule has 0 radical (unpaired) electrons. The van der Waals surface area contributed by atoms with Gasteiger partial charge in [-0.05, 0) is 47.7 Å². The van der Waals surface area contributed by atoms with Crippen LogP contribution in [0.25, 0.3) is 0 Å². The molecular weight excluding hydrogens is 390 g/mol. The highest BCUT2D eigenvalue weighted by Gasteiger charge is 2.39. The summed E-state index contributed by atoms with van der Waals surface area (Å²) < 4.78 is 0.796. The van der Waals surface area contributed by atoms with Crippen LogP contribution in [-0.2, 0) is 0 Å². The van der Waals surface area contributed by atoms with Crippen molar-refractivity contribution in [1.82, 2.24) is 0 Å². The summed E-state index contributed by atoms with van der Waals surface area (Å²) in [7, 11) is 0. The van der Waals surface area contributed by atoms with E-state index in [1.54, 1.807) is 6.07 Å². The molecular formula is C19H15BrClNO2. The summed E-state index contributed by atoms with van der Waals surface area (Å²) in [5, 5.41) is 13.8. The van der Waals surface area contributed by atoms with Crippen molar-refractivity contribution in [2.24, 2.45) is 5.92 Å². The van der Waals surface area contributed by atoms with Crippen LogP contribution in [-0.4, -0.2) is 11.1 Å². The van der Waals surface area contributed by atoms with Gasteiger partial charge in [0.05, 0.1) is 17.3 Å². The lowest BCUT2D eigenvalue weighted by Gasteiger charge is -2.38. The van der Waals surface area contributed by atoms with Crippen LogP contribution in [0.3, 0.4) is 0 Å². The van der Waals surface area contributed by atoms with Crippen LogP contribution in [0.5, 0.6) is 0 Å². The molecule has 122 valence electrons. The van der Waals surface area contributed by atoms with Crippen molar-refractivity contribution in [2.75, 3.05) is 5.32 Å². The molecule has 4 rings (SSSR count). The fraction of sp³-hybridized carbons (Fsp3) is 0.211. The predicted octanol–water partition coefficient (Wildman–Crippen LogP) is 5.63. The molecule has 0 bridgehead atoms.